The van der Waals surface area contributed by atoms with Gasteiger partial charge in [0.05, 0.1) is 0 Å². The van der Waals surface area contributed by atoms with Gasteiger partial charge in [-0.2, -0.15) is 0 Å². The van der Waals surface area contributed by atoms with Crippen LogP contribution >= 0.6 is 0 Å². The lowest BCUT2D eigenvalue weighted by molar-refractivity contribution is 0.0529. The number of ether oxygens (including phenoxy) is 1. The van der Waals surface area contributed by atoms with Crippen molar-refractivity contribution in [2.24, 2.45) is 5.73 Å². The van der Waals surface area contributed by atoms with E-state index in [1.807, 2.05) is 0 Å². The van der Waals surface area contributed by atoms with Crippen LogP contribution in [0.1, 0.15) is 43.7 Å². The van der Waals surface area contributed by atoms with Crippen LogP contribution in [-0.2, 0) is 10.2 Å². The highest BCUT2D eigenvalue weighted by Gasteiger charge is 2.32. The van der Waals surface area contributed by atoms with Gasteiger partial charge in [-0.15, -0.1) is 0 Å². The predicted octanol–water partition coefficient (Wildman–Crippen LogP) is 2.82. The Morgan fingerprint density at radius 1 is 1.18 bits per heavy atom. The predicted molar refractivity (Wildman–Crippen MR) is 71.3 cm³/mol. The molecule has 0 saturated carbocycles. The summed E-state index contributed by atoms with van der Waals surface area (Å²) in [6.45, 7) is 6.84. The molecule has 0 radical (unpaired) electrons. The molecule has 0 spiro atoms. The molecule has 2 heteroatoms. The van der Waals surface area contributed by atoms with E-state index in [9.17, 15) is 0 Å². The minimum absolute atomic E-state index is 0.147. The lowest BCUT2D eigenvalue weighted by Crippen LogP contribution is -2.40. The SMILES string of the molecule is CC(C)c1ccc(C2(CN)CCOCC2)cc1. The molecule has 1 aliphatic heterocycles. The molecule has 94 valence electrons. The summed E-state index contributed by atoms with van der Waals surface area (Å²) < 4.78 is 5.45. The fourth-order valence-electron chi connectivity index (χ4n) is 2.59. The van der Waals surface area contributed by atoms with Crippen molar-refractivity contribution in [1.82, 2.24) is 0 Å². The molecule has 0 unspecified atom stereocenters. The third-order valence-corrected chi connectivity index (χ3v) is 4.03. The summed E-state index contributed by atoms with van der Waals surface area (Å²) in [6.07, 6.45) is 2.09. The second-order valence-corrected chi connectivity index (χ2v) is 5.37. The summed E-state index contributed by atoms with van der Waals surface area (Å²) in [5.74, 6) is 0.590. The van der Waals surface area contributed by atoms with E-state index in [1.165, 1.54) is 11.1 Å². The van der Waals surface area contributed by atoms with E-state index in [0.29, 0.717) is 5.92 Å². The van der Waals surface area contributed by atoms with Gasteiger partial charge in [-0.1, -0.05) is 38.1 Å². The maximum absolute atomic E-state index is 6.01. The van der Waals surface area contributed by atoms with Crippen molar-refractivity contribution in [3.63, 3.8) is 0 Å². The average molecular weight is 233 g/mol. The molecule has 17 heavy (non-hydrogen) atoms. The molecule has 1 fully saturated rings. The first-order valence-electron chi connectivity index (χ1n) is 6.56. The third-order valence-electron chi connectivity index (χ3n) is 4.03. The molecule has 1 aromatic rings. The monoisotopic (exact) mass is 233 g/mol. The van der Waals surface area contributed by atoms with E-state index >= 15 is 0 Å². The van der Waals surface area contributed by atoms with E-state index in [1.54, 1.807) is 0 Å². The molecule has 1 aliphatic rings. The quantitative estimate of drug-likeness (QED) is 0.871. The Labute approximate surface area is 104 Å². The summed E-state index contributed by atoms with van der Waals surface area (Å²) in [5.41, 5.74) is 8.94. The Morgan fingerprint density at radius 2 is 1.76 bits per heavy atom. The zero-order valence-corrected chi connectivity index (χ0v) is 10.9. The van der Waals surface area contributed by atoms with Gasteiger partial charge in [0, 0.05) is 25.2 Å². The lowest BCUT2D eigenvalue weighted by atomic mass is 9.74. The van der Waals surface area contributed by atoms with Crippen LogP contribution in [0.4, 0.5) is 0 Å². The number of hydrogen-bond donors (Lipinski definition) is 1. The molecule has 0 aliphatic carbocycles. The molecule has 1 heterocycles. The molecule has 0 amide bonds. The van der Waals surface area contributed by atoms with Crippen LogP contribution in [0.3, 0.4) is 0 Å². The highest BCUT2D eigenvalue weighted by Crippen LogP contribution is 2.34. The second-order valence-electron chi connectivity index (χ2n) is 5.37. The first kappa shape index (κ1) is 12.6. The van der Waals surface area contributed by atoms with Crippen LogP contribution in [0.15, 0.2) is 24.3 Å². The minimum atomic E-state index is 0.147. The van der Waals surface area contributed by atoms with Crippen LogP contribution in [0, 0.1) is 0 Å². The highest BCUT2D eigenvalue weighted by molar-refractivity contribution is 5.31. The van der Waals surface area contributed by atoms with Gasteiger partial charge in [-0.25, -0.2) is 0 Å². The van der Waals surface area contributed by atoms with Crippen molar-refractivity contribution in [3.05, 3.63) is 35.4 Å². The fourth-order valence-corrected chi connectivity index (χ4v) is 2.59. The highest BCUT2D eigenvalue weighted by atomic mass is 16.5. The molecule has 0 aromatic heterocycles. The zero-order valence-electron chi connectivity index (χ0n) is 10.9. The molecule has 1 saturated heterocycles. The average Bonchev–Trinajstić information content (AvgIpc) is 2.39. The molecular weight excluding hydrogens is 210 g/mol. The van der Waals surface area contributed by atoms with Crippen LogP contribution in [0.2, 0.25) is 0 Å². The van der Waals surface area contributed by atoms with Crippen LogP contribution in [0.25, 0.3) is 0 Å². The third kappa shape index (κ3) is 2.53. The van der Waals surface area contributed by atoms with Gasteiger partial charge in [0.1, 0.15) is 0 Å². The van der Waals surface area contributed by atoms with Gasteiger partial charge >= 0.3 is 0 Å². The minimum Gasteiger partial charge on any atom is -0.381 e. The maximum atomic E-state index is 6.01. The van der Waals surface area contributed by atoms with E-state index in [2.05, 4.69) is 38.1 Å². The first-order valence-corrected chi connectivity index (χ1v) is 6.56. The summed E-state index contributed by atoms with van der Waals surface area (Å²) >= 11 is 0. The van der Waals surface area contributed by atoms with Gasteiger partial charge in [0.25, 0.3) is 0 Å². The summed E-state index contributed by atoms with van der Waals surface area (Å²) in [4.78, 5) is 0. The van der Waals surface area contributed by atoms with E-state index in [0.717, 1.165) is 32.6 Å². The first-order chi connectivity index (χ1) is 8.18. The smallest absolute Gasteiger partial charge is 0.0475 e. The maximum Gasteiger partial charge on any atom is 0.0475 e. The molecule has 1 aromatic carbocycles. The number of rotatable bonds is 3. The molecule has 0 atom stereocenters. The molecular formula is C15H23NO. The van der Waals surface area contributed by atoms with Crippen molar-refractivity contribution in [2.45, 2.75) is 38.0 Å². The normalized spacial score (nSPS) is 19.5. The number of hydrogen-bond acceptors (Lipinski definition) is 2. The fraction of sp³-hybridized carbons (Fsp3) is 0.600. The van der Waals surface area contributed by atoms with Crippen LogP contribution < -0.4 is 5.73 Å². The Balaban J connectivity index is 2.24. The molecule has 2 nitrogen and oxygen atoms in total. The number of nitrogens with two attached hydrogens (primary N) is 1. The lowest BCUT2D eigenvalue weighted by Gasteiger charge is -2.36. The van der Waals surface area contributed by atoms with Crippen molar-refractivity contribution >= 4 is 0 Å². The molecule has 2 rings (SSSR count). The Kier molecular flexibility index (Phi) is 3.85. The van der Waals surface area contributed by atoms with Gasteiger partial charge < -0.3 is 10.5 Å². The van der Waals surface area contributed by atoms with Gasteiger partial charge in [0.15, 0.2) is 0 Å². The van der Waals surface area contributed by atoms with E-state index in [4.69, 9.17) is 10.5 Å². The summed E-state index contributed by atoms with van der Waals surface area (Å²) in [7, 11) is 0. The van der Waals surface area contributed by atoms with E-state index < -0.39 is 0 Å². The Morgan fingerprint density at radius 3 is 2.24 bits per heavy atom. The zero-order chi connectivity index (χ0) is 12.3. The van der Waals surface area contributed by atoms with Crippen molar-refractivity contribution in [2.75, 3.05) is 19.8 Å². The van der Waals surface area contributed by atoms with Gasteiger partial charge in [-0.05, 0) is 29.9 Å². The van der Waals surface area contributed by atoms with Gasteiger partial charge in [0.2, 0.25) is 0 Å². The second kappa shape index (κ2) is 5.19. The molecule has 0 bridgehead atoms. The van der Waals surface area contributed by atoms with Gasteiger partial charge in [-0.3, -0.25) is 0 Å². The topological polar surface area (TPSA) is 35.2 Å². The van der Waals surface area contributed by atoms with Crippen LogP contribution in [0.5, 0.6) is 0 Å². The van der Waals surface area contributed by atoms with Crippen LogP contribution in [-0.4, -0.2) is 19.8 Å². The number of benzene rings is 1. The Hall–Kier alpha value is -0.860. The van der Waals surface area contributed by atoms with E-state index in [-0.39, 0.29) is 5.41 Å². The largest absolute Gasteiger partial charge is 0.381 e. The molecule has 2 N–H and O–H groups in total. The van der Waals surface area contributed by atoms with Crippen molar-refractivity contribution in [1.29, 1.82) is 0 Å². The standard InChI is InChI=1S/C15H23NO/c1-12(2)13-3-5-14(6-4-13)15(11-16)7-9-17-10-8-15/h3-6,12H,7-11,16H2,1-2H3. The summed E-state index contributed by atoms with van der Waals surface area (Å²) in [6, 6.07) is 9.00. The summed E-state index contributed by atoms with van der Waals surface area (Å²) in [5, 5.41) is 0. The Bertz CT molecular complexity index is 350. The van der Waals surface area contributed by atoms with Crippen molar-refractivity contribution in [3.8, 4) is 0 Å². The van der Waals surface area contributed by atoms with Crippen molar-refractivity contribution < 1.29 is 4.74 Å².